The van der Waals surface area contributed by atoms with E-state index in [1.807, 2.05) is 0 Å². The van der Waals surface area contributed by atoms with Crippen LogP contribution in [0.4, 0.5) is 0 Å². The summed E-state index contributed by atoms with van der Waals surface area (Å²) in [5.74, 6) is 0.991. The molecule has 0 aromatic rings. The average Bonchev–Trinajstić information content (AvgIpc) is 2.53. The first-order valence-corrected chi connectivity index (χ1v) is 11.5. The number of alkyl halides is 1. The average molecular weight is 375 g/mol. The molecule has 0 aliphatic carbocycles. The summed E-state index contributed by atoms with van der Waals surface area (Å²) >= 11 is 3.65. The first-order chi connectivity index (χ1) is 10.8. The quantitative estimate of drug-likeness (QED) is 0.166. The molecule has 0 saturated heterocycles. The van der Waals surface area contributed by atoms with Crippen LogP contribution in [0.25, 0.3) is 0 Å². The Labute approximate surface area is 150 Å². The van der Waals surface area contributed by atoms with Crippen LogP contribution in [-0.2, 0) is 0 Å². The maximum absolute atomic E-state index is 3.65. The molecule has 0 aliphatic heterocycles. The lowest BCUT2D eigenvalue weighted by Crippen LogP contribution is -2.02. The zero-order chi connectivity index (χ0) is 16.3. The molecule has 0 saturated carbocycles. The second kappa shape index (κ2) is 19.5. The highest BCUT2D eigenvalue weighted by Crippen LogP contribution is 2.22. The van der Waals surface area contributed by atoms with E-state index in [9.17, 15) is 0 Å². The number of halogens is 1. The molecule has 0 amide bonds. The van der Waals surface area contributed by atoms with Gasteiger partial charge in [0.25, 0.3) is 0 Å². The molecule has 0 aromatic heterocycles. The highest BCUT2D eigenvalue weighted by molar-refractivity contribution is 9.09. The number of rotatable bonds is 18. The van der Waals surface area contributed by atoms with Gasteiger partial charge in [0.05, 0.1) is 0 Å². The summed E-state index contributed by atoms with van der Waals surface area (Å²) in [6.07, 6.45) is 24.6. The molecule has 0 N–H and O–H groups in total. The van der Waals surface area contributed by atoms with Crippen molar-refractivity contribution in [3.63, 3.8) is 0 Å². The Bertz CT molecular complexity index is 190. The van der Waals surface area contributed by atoms with E-state index in [2.05, 4.69) is 29.8 Å². The third-order valence-corrected chi connectivity index (χ3v) is 5.41. The molecule has 134 valence electrons. The van der Waals surface area contributed by atoms with E-state index >= 15 is 0 Å². The van der Waals surface area contributed by atoms with Gasteiger partial charge in [0.15, 0.2) is 0 Å². The van der Waals surface area contributed by atoms with Crippen molar-refractivity contribution < 1.29 is 0 Å². The molecule has 0 heterocycles. The molecule has 0 fully saturated rings. The second-order valence-electron chi connectivity index (χ2n) is 7.16. The first-order valence-electron chi connectivity index (χ1n) is 10.4. The summed E-state index contributed by atoms with van der Waals surface area (Å²) in [6, 6.07) is 0. The molecular formula is C21H43Br. The number of unbranched alkanes of at least 4 members (excludes halogenated alkanes) is 12. The van der Waals surface area contributed by atoms with Crippen molar-refractivity contribution in [1.82, 2.24) is 0 Å². The van der Waals surface area contributed by atoms with Gasteiger partial charge in [0, 0.05) is 5.33 Å². The van der Waals surface area contributed by atoms with E-state index in [1.165, 1.54) is 114 Å². The lowest BCUT2D eigenvalue weighted by Gasteiger charge is -2.15. The Balaban J connectivity index is 3.43. The smallest absolute Gasteiger partial charge is 0.00339 e. The molecule has 1 atom stereocenters. The van der Waals surface area contributed by atoms with Crippen LogP contribution in [0.2, 0.25) is 0 Å². The summed E-state index contributed by atoms with van der Waals surface area (Å²) in [5, 5.41) is 1.20. The molecule has 0 bridgehead atoms. The Kier molecular flexibility index (Phi) is 20.0. The van der Waals surface area contributed by atoms with Crippen molar-refractivity contribution in [2.75, 3.05) is 5.33 Å². The van der Waals surface area contributed by atoms with Crippen LogP contribution < -0.4 is 0 Å². The van der Waals surface area contributed by atoms with E-state index in [4.69, 9.17) is 0 Å². The van der Waals surface area contributed by atoms with Crippen molar-refractivity contribution >= 4 is 15.9 Å². The minimum atomic E-state index is 0.991. The Morgan fingerprint density at radius 3 is 1.23 bits per heavy atom. The fourth-order valence-corrected chi connectivity index (χ4v) is 4.02. The molecule has 22 heavy (non-hydrogen) atoms. The molecule has 0 nitrogen and oxygen atoms in total. The number of hydrogen-bond donors (Lipinski definition) is 0. The SMILES string of the molecule is CCCCCCCCCCC(CCBr)CCCCCCCC. The van der Waals surface area contributed by atoms with E-state index < -0.39 is 0 Å². The van der Waals surface area contributed by atoms with Crippen molar-refractivity contribution in [2.24, 2.45) is 5.92 Å². The predicted molar refractivity (Wildman–Crippen MR) is 107 cm³/mol. The minimum Gasteiger partial charge on any atom is -0.0928 e. The van der Waals surface area contributed by atoms with Crippen LogP contribution in [0.3, 0.4) is 0 Å². The topological polar surface area (TPSA) is 0 Å². The maximum Gasteiger partial charge on any atom is 0.00339 e. The third kappa shape index (κ3) is 16.8. The molecule has 0 aromatic carbocycles. The zero-order valence-electron chi connectivity index (χ0n) is 15.7. The highest BCUT2D eigenvalue weighted by atomic mass is 79.9. The van der Waals surface area contributed by atoms with Gasteiger partial charge >= 0.3 is 0 Å². The molecule has 0 rings (SSSR count). The van der Waals surface area contributed by atoms with Crippen LogP contribution in [0.5, 0.6) is 0 Å². The number of hydrogen-bond acceptors (Lipinski definition) is 0. The summed E-state index contributed by atoms with van der Waals surface area (Å²) in [4.78, 5) is 0. The summed E-state index contributed by atoms with van der Waals surface area (Å²) in [6.45, 7) is 4.60. The molecule has 1 unspecified atom stereocenters. The van der Waals surface area contributed by atoms with Gasteiger partial charge in [-0.15, -0.1) is 0 Å². The van der Waals surface area contributed by atoms with Crippen LogP contribution in [0.15, 0.2) is 0 Å². The van der Waals surface area contributed by atoms with Crippen molar-refractivity contribution in [3.05, 3.63) is 0 Å². The van der Waals surface area contributed by atoms with Gasteiger partial charge in [-0.3, -0.25) is 0 Å². The largest absolute Gasteiger partial charge is 0.0928 e. The van der Waals surface area contributed by atoms with Crippen molar-refractivity contribution in [2.45, 2.75) is 123 Å². The molecule has 0 radical (unpaired) electrons. The molecule has 0 spiro atoms. The van der Waals surface area contributed by atoms with Gasteiger partial charge in [-0.05, 0) is 12.3 Å². The standard InChI is InChI=1S/C21H43Br/c1-3-5-7-9-11-12-14-16-18-21(19-20-22)17-15-13-10-8-6-4-2/h21H,3-20H2,1-2H3. The Hall–Kier alpha value is 0.480. The van der Waals surface area contributed by atoms with E-state index in [0.717, 1.165) is 5.92 Å². The van der Waals surface area contributed by atoms with Crippen LogP contribution in [0, 0.1) is 5.92 Å². The molecule has 1 heteroatoms. The van der Waals surface area contributed by atoms with E-state index in [0.29, 0.717) is 0 Å². The summed E-state index contributed by atoms with van der Waals surface area (Å²) < 4.78 is 0. The predicted octanol–water partition coefficient (Wildman–Crippen LogP) is 8.67. The summed E-state index contributed by atoms with van der Waals surface area (Å²) in [7, 11) is 0. The Morgan fingerprint density at radius 1 is 0.500 bits per heavy atom. The van der Waals surface area contributed by atoms with Crippen LogP contribution in [0.1, 0.15) is 123 Å². The second-order valence-corrected chi connectivity index (χ2v) is 7.96. The lowest BCUT2D eigenvalue weighted by atomic mass is 9.92. The Morgan fingerprint density at radius 2 is 0.864 bits per heavy atom. The van der Waals surface area contributed by atoms with Gasteiger partial charge in [-0.25, -0.2) is 0 Å². The van der Waals surface area contributed by atoms with Gasteiger partial charge < -0.3 is 0 Å². The zero-order valence-corrected chi connectivity index (χ0v) is 17.3. The molecule has 0 aliphatic rings. The van der Waals surface area contributed by atoms with Crippen LogP contribution >= 0.6 is 15.9 Å². The van der Waals surface area contributed by atoms with E-state index in [-0.39, 0.29) is 0 Å². The monoisotopic (exact) mass is 374 g/mol. The minimum absolute atomic E-state index is 0.991. The van der Waals surface area contributed by atoms with Gasteiger partial charge in [0.2, 0.25) is 0 Å². The fraction of sp³-hybridized carbons (Fsp3) is 1.00. The van der Waals surface area contributed by atoms with E-state index in [1.54, 1.807) is 0 Å². The molecular weight excluding hydrogens is 332 g/mol. The third-order valence-electron chi connectivity index (χ3n) is 4.95. The van der Waals surface area contributed by atoms with Gasteiger partial charge in [-0.2, -0.15) is 0 Å². The normalized spacial score (nSPS) is 12.7. The highest BCUT2D eigenvalue weighted by Gasteiger charge is 2.07. The van der Waals surface area contributed by atoms with Gasteiger partial charge in [0.1, 0.15) is 0 Å². The van der Waals surface area contributed by atoms with Crippen molar-refractivity contribution in [1.29, 1.82) is 0 Å². The lowest BCUT2D eigenvalue weighted by molar-refractivity contribution is 0.395. The fourth-order valence-electron chi connectivity index (χ4n) is 3.37. The van der Waals surface area contributed by atoms with Gasteiger partial charge in [-0.1, -0.05) is 133 Å². The first kappa shape index (κ1) is 22.5. The van der Waals surface area contributed by atoms with Crippen LogP contribution in [-0.4, -0.2) is 5.33 Å². The summed E-state index contributed by atoms with van der Waals surface area (Å²) in [5.41, 5.74) is 0. The maximum atomic E-state index is 3.65. The van der Waals surface area contributed by atoms with Crippen molar-refractivity contribution in [3.8, 4) is 0 Å².